The molecule has 2 unspecified atom stereocenters. The molecule has 0 aromatic carbocycles. The highest BCUT2D eigenvalue weighted by Gasteiger charge is 2.31. The van der Waals surface area contributed by atoms with Crippen LogP contribution in [-0.4, -0.2) is 36.1 Å². The Morgan fingerprint density at radius 3 is 2.60 bits per heavy atom. The minimum absolute atomic E-state index is 0.795. The maximum Gasteiger partial charge on any atom is 0.0209 e. The van der Waals surface area contributed by atoms with Crippen LogP contribution in [0.4, 0.5) is 0 Å². The molecule has 88 valence electrons. The summed E-state index contributed by atoms with van der Waals surface area (Å²) in [6, 6.07) is 2.52. The van der Waals surface area contributed by atoms with Crippen LogP contribution < -0.4 is 5.32 Å². The Bertz CT molecular complexity index is 189. The molecule has 1 saturated carbocycles. The maximum atomic E-state index is 3.76. The Morgan fingerprint density at radius 1 is 1.20 bits per heavy atom. The highest BCUT2D eigenvalue weighted by Crippen LogP contribution is 2.23. The highest BCUT2D eigenvalue weighted by molar-refractivity contribution is 4.91. The molecule has 0 bridgehead atoms. The third-order valence-electron chi connectivity index (χ3n) is 3.88. The maximum absolute atomic E-state index is 3.76. The SMILES string of the molecule is CCCC(CC)N1CCC(NC2CC2)C1. The average Bonchev–Trinajstić information content (AvgIpc) is 2.92. The van der Waals surface area contributed by atoms with E-state index in [0.29, 0.717) is 0 Å². The summed E-state index contributed by atoms with van der Waals surface area (Å²) >= 11 is 0. The zero-order valence-corrected chi connectivity index (χ0v) is 10.3. The van der Waals surface area contributed by atoms with Crippen molar-refractivity contribution >= 4 is 0 Å². The number of hydrogen-bond donors (Lipinski definition) is 1. The van der Waals surface area contributed by atoms with E-state index in [1.54, 1.807) is 0 Å². The quantitative estimate of drug-likeness (QED) is 0.724. The molecule has 0 spiro atoms. The first-order valence-electron chi connectivity index (χ1n) is 6.83. The zero-order chi connectivity index (χ0) is 10.7. The van der Waals surface area contributed by atoms with Crippen LogP contribution in [0.3, 0.4) is 0 Å². The van der Waals surface area contributed by atoms with Crippen molar-refractivity contribution in [3.05, 3.63) is 0 Å². The fourth-order valence-corrected chi connectivity index (χ4v) is 2.82. The monoisotopic (exact) mass is 210 g/mol. The number of nitrogens with one attached hydrogen (secondary N) is 1. The Balaban J connectivity index is 1.73. The summed E-state index contributed by atoms with van der Waals surface area (Å²) in [5, 5.41) is 3.76. The van der Waals surface area contributed by atoms with Crippen LogP contribution in [0.15, 0.2) is 0 Å². The van der Waals surface area contributed by atoms with Crippen LogP contribution in [0.2, 0.25) is 0 Å². The van der Waals surface area contributed by atoms with Gasteiger partial charge in [-0.2, -0.15) is 0 Å². The van der Waals surface area contributed by atoms with E-state index in [1.165, 1.54) is 51.6 Å². The zero-order valence-electron chi connectivity index (χ0n) is 10.3. The van der Waals surface area contributed by atoms with Gasteiger partial charge in [0.15, 0.2) is 0 Å². The molecule has 2 nitrogen and oxygen atoms in total. The van der Waals surface area contributed by atoms with Crippen LogP contribution in [0.5, 0.6) is 0 Å². The summed E-state index contributed by atoms with van der Waals surface area (Å²) in [5.74, 6) is 0. The molecule has 0 amide bonds. The molecule has 2 fully saturated rings. The van der Waals surface area contributed by atoms with Crippen molar-refractivity contribution in [1.29, 1.82) is 0 Å². The lowest BCUT2D eigenvalue weighted by Gasteiger charge is -2.26. The largest absolute Gasteiger partial charge is 0.310 e. The van der Waals surface area contributed by atoms with E-state index in [0.717, 1.165) is 18.1 Å². The van der Waals surface area contributed by atoms with Gasteiger partial charge in [0.1, 0.15) is 0 Å². The lowest BCUT2D eigenvalue weighted by atomic mass is 10.1. The Labute approximate surface area is 94.4 Å². The smallest absolute Gasteiger partial charge is 0.0209 e. The predicted molar refractivity (Wildman–Crippen MR) is 65.1 cm³/mol. The molecule has 0 aromatic rings. The van der Waals surface area contributed by atoms with Crippen LogP contribution in [0, 0.1) is 0 Å². The molecule has 15 heavy (non-hydrogen) atoms. The van der Waals surface area contributed by atoms with Gasteiger partial charge in [-0.3, -0.25) is 4.90 Å². The second kappa shape index (κ2) is 5.31. The minimum Gasteiger partial charge on any atom is -0.310 e. The van der Waals surface area contributed by atoms with Crippen molar-refractivity contribution in [3.8, 4) is 0 Å². The summed E-state index contributed by atoms with van der Waals surface area (Å²) in [5.41, 5.74) is 0. The van der Waals surface area contributed by atoms with Gasteiger partial charge in [-0.15, -0.1) is 0 Å². The molecule has 2 heteroatoms. The fourth-order valence-electron chi connectivity index (χ4n) is 2.82. The first kappa shape index (κ1) is 11.4. The van der Waals surface area contributed by atoms with E-state index in [9.17, 15) is 0 Å². The van der Waals surface area contributed by atoms with Crippen LogP contribution in [-0.2, 0) is 0 Å². The highest BCUT2D eigenvalue weighted by atomic mass is 15.2. The van der Waals surface area contributed by atoms with Crippen molar-refractivity contribution < 1.29 is 0 Å². The van der Waals surface area contributed by atoms with Crippen LogP contribution >= 0.6 is 0 Å². The second-order valence-corrected chi connectivity index (χ2v) is 5.27. The van der Waals surface area contributed by atoms with Gasteiger partial charge in [0.2, 0.25) is 0 Å². The summed E-state index contributed by atoms with van der Waals surface area (Å²) in [6.07, 6.45) is 8.24. The second-order valence-electron chi connectivity index (χ2n) is 5.27. The van der Waals surface area contributed by atoms with Gasteiger partial charge >= 0.3 is 0 Å². The third-order valence-corrected chi connectivity index (χ3v) is 3.88. The first-order valence-corrected chi connectivity index (χ1v) is 6.83. The molecule has 0 radical (unpaired) electrons. The van der Waals surface area contributed by atoms with Crippen LogP contribution in [0.25, 0.3) is 0 Å². The van der Waals surface area contributed by atoms with Gasteiger partial charge in [-0.25, -0.2) is 0 Å². The summed E-state index contributed by atoms with van der Waals surface area (Å²) in [4.78, 5) is 2.71. The average molecular weight is 210 g/mol. The fraction of sp³-hybridized carbons (Fsp3) is 1.00. The van der Waals surface area contributed by atoms with E-state index >= 15 is 0 Å². The van der Waals surface area contributed by atoms with Crippen molar-refractivity contribution in [3.63, 3.8) is 0 Å². The standard InChI is InChI=1S/C13H26N2/c1-3-5-13(4-2)15-9-8-12(10-15)14-11-6-7-11/h11-14H,3-10H2,1-2H3. The Morgan fingerprint density at radius 2 is 2.00 bits per heavy atom. The van der Waals surface area contributed by atoms with Gasteiger partial charge in [0.25, 0.3) is 0 Å². The van der Waals surface area contributed by atoms with Gasteiger partial charge in [0, 0.05) is 31.2 Å². The molecule has 1 aliphatic carbocycles. The van der Waals surface area contributed by atoms with E-state index in [-0.39, 0.29) is 0 Å². The van der Waals surface area contributed by atoms with Crippen molar-refractivity contribution in [2.45, 2.75) is 70.5 Å². The van der Waals surface area contributed by atoms with Crippen molar-refractivity contribution in [2.24, 2.45) is 0 Å². The Kier molecular flexibility index (Phi) is 4.04. The number of likely N-dealkylation sites (tertiary alicyclic amines) is 1. The molecule has 2 rings (SSSR count). The molecule has 1 aliphatic heterocycles. The van der Waals surface area contributed by atoms with Gasteiger partial charge in [-0.1, -0.05) is 20.3 Å². The number of nitrogens with zero attached hydrogens (tertiary/aromatic N) is 1. The van der Waals surface area contributed by atoms with Gasteiger partial charge in [-0.05, 0) is 32.1 Å². The molecule has 1 N–H and O–H groups in total. The summed E-state index contributed by atoms with van der Waals surface area (Å²) in [7, 11) is 0. The predicted octanol–water partition coefficient (Wildman–Crippen LogP) is 2.39. The Hall–Kier alpha value is -0.0800. The van der Waals surface area contributed by atoms with Gasteiger partial charge in [0.05, 0.1) is 0 Å². The normalized spacial score (nSPS) is 29.6. The molecule has 2 aliphatic rings. The molecule has 1 saturated heterocycles. The summed E-state index contributed by atoms with van der Waals surface area (Å²) in [6.45, 7) is 7.26. The lowest BCUT2D eigenvalue weighted by Crippen LogP contribution is -2.38. The van der Waals surface area contributed by atoms with E-state index in [1.807, 2.05) is 0 Å². The molecular formula is C13H26N2. The van der Waals surface area contributed by atoms with Crippen molar-refractivity contribution in [2.75, 3.05) is 13.1 Å². The van der Waals surface area contributed by atoms with Crippen molar-refractivity contribution in [1.82, 2.24) is 10.2 Å². The van der Waals surface area contributed by atoms with E-state index in [4.69, 9.17) is 0 Å². The molecule has 0 aromatic heterocycles. The first-order chi connectivity index (χ1) is 7.33. The minimum atomic E-state index is 0.795. The topological polar surface area (TPSA) is 15.3 Å². The summed E-state index contributed by atoms with van der Waals surface area (Å²) < 4.78 is 0. The van der Waals surface area contributed by atoms with Crippen LogP contribution in [0.1, 0.15) is 52.4 Å². The van der Waals surface area contributed by atoms with E-state index in [2.05, 4.69) is 24.1 Å². The number of hydrogen-bond acceptors (Lipinski definition) is 2. The third kappa shape index (κ3) is 3.18. The van der Waals surface area contributed by atoms with E-state index < -0.39 is 0 Å². The lowest BCUT2D eigenvalue weighted by molar-refractivity contribution is 0.217. The number of rotatable bonds is 6. The molecular weight excluding hydrogens is 184 g/mol. The van der Waals surface area contributed by atoms with Gasteiger partial charge < -0.3 is 5.32 Å². The molecule has 2 atom stereocenters. The molecule has 1 heterocycles.